The highest BCUT2D eigenvalue weighted by atomic mass is 31.2. The molecule has 2 aliphatic rings. The number of amides is 1. The molecule has 1 saturated heterocycles. The number of aliphatic hydroxyl groups is 1. The first-order chi connectivity index (χ1) is 15.5. The summed E-state index contributed by atoms with van der Waals surface area (Å²) in [5, 5.41) is 10.7. The minimum atomic E-state index is -2.41. The summed E-state index contributed by atoms with van der Waals surface area (Å²) in [4.78, 5) is 32.7. The molecule has 32 heavy (non-hydrogen) atoms. The fourth-order valence-corrected chi connectivity index (χ4v) is 5.40. The van der Waals surface area contributed by atoms with E-state index in [9.17, 15) is 9.90 Å². The molecule has 1 aliphatic heterocycles. The number of aliphatic hydroxyl groups excluding tert-OH is 1. The second-order valence-corrected chi connectivity index (χ2v) is 9.61. The normalized spacial score (nSPS) is 20.7. The first-order valence-electron chi connectivity index (χ1n) is 11.6. The summed E-state index contributed by atoms with van der Waals surface area (Å²) in [6, 6.07) is 15.4. The van der Waals surface area contributed by atoms with E-state index in [2.05, 4.69) is 0 Å². The van der Waals surface area contributed by atoms with Crippen LogP contribution in [0.15, 0.2) is 48.5 Å². The van der Waals surface area contributed by atoms with E-state index in [1.54, 1.807) is 12.1 Å². The Balaban J connectivity index is 1.41. The Labute approximate surface area is 190 Å². The van der Waals surface area contributed by atoms with Crippen molar-refractivity contribution in [3.63, 3.8) is 0 Å². The predicted octanol–water partition coefficient (Wildman–Crippen LogP) is 5.02. The molecule has 1 amide bonds. The van der Waals surface area contributed by atoms with Crippen molar-refractivity contribution in [2.75, 3.05) is 4.90 Å². The second-order valence-electron chi connectivity index (χ2n) is 8.92. The first-order valence-corrected chi connectivity index (χ1v) is 12.7. The molecule has 1 heterocycles. The van der Waals surface area contributed by atoms with Crippen molar-refractivity contribution in [3.05, 3.63) is 59.7 Å². The lowest BCUT2D eigenvalue weighted by Gasteiger charge is -2.36. The molecule has 0 aromatic heterocycles. The van der Waals surface area contributed by atoms with Crippen molar-refractivity contribution in [3.8, 4) is 5.75 Å². The van der Waals surface area contributed by atoms with Crippen molar-refractivity contribution in [1.29, 1.82) is 0 Å². The van der Waals surface area contributed by atoms with Gasteiger partial charge in [-0.05, 0) is 79.8 Å². The van der Waals surface area contributed by atoms with Crippen molar-refractivity contribution < 1.29 is 24.2 Å². The Morgan fingerprint density at radius 3 is 2.31 bits per heavy atom. The zero-order valence-corrected chi connectivity index (χ0v) is 19.2. The molecule has 1 aliphatic carbocycles. The maximum Gasteiger partial charge on any atom is 0.391 e. The highest BCUT2D eigenvalue weighted by Gasteiger charge is 2.30. The van der Waals surface area contributed by atoms with Crippen LogP contribution in [-0.2, 0) is 11.2 Å². The fourth-order valence-electron chi connectivity index (χ4n) is 5.09. The Morgan fingerprint density at radius 1 is 0.969 bits per heavy atom. The van der Waals surface area contributed by atoms with Gasteiger partial charge in [-0.3, -0.25) is 4.79 Å². The standard InChI is InChI=1S/C25H32NO5P/c27-24-7-3-6-21(13-8-18-9-16-23(17-10-18)31-32(29)30)26(24)22-14-11-20(12-15-22)25(28)19-4-1-2-5-19/h9-12,14-17,19,21,25,28-30H,1-8,13H2. The summed E-state index contributed by atoms with van der Waals surface area (Å²) in [6.07, 6.45) is 8.27. The van der Waals surface area contributed by atoms with Crippen molar-refractivity contribution >= 4 is 20.2 Å². The van der Waals surface area contributed by atoms with Gasteiger partial charge in [-0.2, -0.15) is 0 Å². The van der Waals surface area contributed by atoms with Gasteiger partial charge in [0.1, 0.15) is 5.75 Å². The first kappa shape index (κ1) is 23.2. The number of rotatable bonds is 8. The highest BCUT2D eigenvalue weighted by molar-refractivity contribution is 7.39. The van der Waals surface area contributed by atoms with E-state index in [1.807, 2.05) is 41.3 Å². The molecular weight excluding hydrogens is 425 g/mol. The van der Waals surface area contributed by atoms with Gasteiger partial charge in [0.15, 0.2) is 0 Å². The number of carbonyl (C=O) groups is 1. The average molecular weight is 458 g/mol. The van der Waals surface area contributed by atoms with Gasteiger partial charge in [-0.1, -0.05) is 37.1 Å². The maximum absolute atomic E-state index is 12.8. The molecular formula is C25H32NO5P. The van der Waals surface area contributed by atoms with Crippen LogP contribution in [0.3, 0.4) is 0 Å². The van der Waals surface area contributed by atoms with Crippen LogP contribution in [0.2, 0.25) is 0 Å². The molecule has 0 radical (unpaired) electrons. The lowest BCUT2D eigenvalue weighted by molar-refractivity contribution is -0.120. The van der Waals surface area contributed by atoms with Crippen LogP contribution in [-0.4, -0.2) is 26.8 Å². The van der Waals surface area contributed by atoms with E-state index < -0.39 is 14.7 Å². The monoisotopic (exact) mass is 457 g/mol. The lowest BCUT2D eigenvalue weighted by Crippen LogP contribution is -2.44. The molecule has 0 spiro atoms. The lowest BCUT2D eigenvalue weighted by atomic mass is 9.93. The minimum absolute atomic E-state index is 0.139. The maximum atomic E-state index is 12.8. The third kappa shape index (κ3) is 5.68. The Bertz CT molecular complexity index is 880. The van der Waals surface area contributed by atoms with Gasteiger partial charge in [0.25, 0.3) is 0 Å². The van der Waals surface area contributed by atoms with Gasteiger partial charge in [0.05, 0.1) is 6.10 Å². The van der Waals surface area contributed by atoms with Gasteiger partial charge in [0.2, 0.25) is 5.91 Å². The van der Waals surface area contributed by atoms with Crippen LogP contribution in [0.4, 0.5) is 5.69 Å². The molecule has 0 bridgehead atoms. The zero-order chi connectivity index (χ0) is 22.5. The van der Waals surface area contributed by atoms with E-state index >= 15 is 0 Å². The van der Waals surface area contributed by atoms with Crippen LogP contribution < -0.4 is 9.42 Å². The number of anilines is 1. The Kier molecular flexibility index (Phi) is 7.80. The molecule has 2 fully saturated rings. The number of hydrogen-bond donors (Lipinski definition) is 3. The molecule has 3 N–H and O–H groups in total. The molecule has 7 heteroatoms. The SMILES string of the molecule is O=C1CCCC(CCc2ccc(OP(O)O)cc2)N1c1ccc(C(O)C2CCCC2)cc1. The Hall–Kier alpha value is -1.98. The number of nitrogens with zero attached hydrogens (tertiary/aromatic N) is 1. The van der Waals surface area contributed by atoms with Gasteiger partial charge in [-0.15, -0.1) is 0 Å². The van der Waals surface area contributed by atoms with Crippen LogP contribution in [0.5, 0.6) is 5.75 Å². The van der Waals surface area contributed by atoms with Crippen molar-refractivity contribution in [2.24, 2.45) is 5.92 Å². The van der Waals surface area contributed by atoms with E-state index in [0.717, 1.165) is 55.3 Å². The Morgan fingerprint density at radius 2 is 1.66 bits per heavy atom. The summed E-state index contributed by atoms with van der Waals surface area (Å²) in [5.74, 6) is 0.941. The second kappa shape index (κ2) is 10.8. The van der Waals surface area contributed by atoms with Crippen molar-refractivity contribution in [2.45, 2.75) is 69.9 Å². The topological polar surface area (TPSA) is 90.2 Å². The van der Waals surface area contributed by atoms with Crippen LogP contribution in [0, 0.1) is 5.92 Å². The zero-order valence-electron chi connectivity index (χ0n) is 18.3. The number of hydrogen-bond acceptors (Lipinski definition) is 5. The van der Waals surface area contributed by atoms with Crippen LogP contribution >= 0.6 is 8.60 Å². The van der Waals surface area contributed by atoms with E-state index in [4.69, 9.17) is 14.3 Å². The molecule has 1 saturated carbocycles. The number of benzene rings is 2. The fraction of sp³-hybridized carbons (Fsp3) is 0.480. The highest BCUT2D eigenvalue weighted by Crippen LogP contribution is 2.37. The average Bonchev–Trinajstić information content (AvgIpc) is 3.33. The van der Waals surface area contributed by atoms with E-state index in [0.29, 0.717) is 18.1 Å². The molecule has 172 valence electrons. The van der Waals surface area contributed by atoms with E-state index in [-0.39, 0.29) is 11.9 Å². The molecule has 2 unspecified atom stereocenters. The van der Waals surface area contributed by atoms with Gasteiger partial charge < -0.3 is 24.3 Å². The summed E-state index contributed by atoms with van der Waals surface area (Å²) in [6.45, 7) is 0. The van der Waals surface area contributed by atoms with Gasteiger partial charge in [-0.25, -0.2) is 0 Å². The third-order valence-electron chi connectivity index (χ3n) is 6.80. The summed E-state index contributed by atoms with van der Waals surface area (Å²) >= 11 is 0. The molecule has 2 aromatic rings. The summed E-state index contributed by atoms with van der Waals surface area (Å²) in [5.41, 5.74) is 2.97. The van der Waals surface area contributed by atoms with Crippen molar-refractivity contribution in [1.82, 2.24) is 0 Å². The number of piperidine rings is 1. The van der Waals surface area contributed by atoms with Crippen LogP contribution in [0.25, 0.3) is 0 Å². The van der Waals surface area contributed by atoms with E-state index in [1.165, 1.54) is 12.8 Å². The predicted molar refractivity (Wildman–Crippen MR) is 125 cm³/mol. The molecule has 2 atom stereocenters. The van der Waals surface area contributed by atoms with Crippen LogP contribution in [0.1, 0.15) is 68.6 Å². The molecule has 6 nitrogen and oxygen atoms in total. The minimum Gasteiger partial charge on any atom is -0.427 e. The smallest absolute Gasteiger partial charge is 0.391 e. The summed E-state index contributed by atoms with van der Waals surface area (Å²) in [7, 11) is -2.41. The molecule has 4 rings (SSSR count). The quantitative estimate of drug-likeness (QED) is 0.485. The number of aryl methyl sites for hydroxylation is 1. The number of carbonyl (C=O) groups excluding carboxylic acids is 1. The van der Waals surface area contributed by atoms with Gasteiger partial charge >= 0.3 is 8.60 Å². The third-order valence-corrected chi connectivity index (χ3v) is 7.17. The largest absolute Gasteiger partial charge is 0.427 e. The summed E-state index contributed by atoms with van der Waals surface area (Å²) < 4.78 is 4.92. The molecule has 2 aromatic carbocycles. The van der Waals surface area contributed by atoms with Gasteiger partial charge in [0, 0.05) is 18.2 Å².